The number of nitrogens with one attached hydrogen (secondary N) is 1. The van der Waals surface area contributed by atoms with Crippen LogP contribution < -0.4 is 14.8 Å². The van der Waals surface area contributed by atoms with Crippen LogP contribution >= 0.6 is 0 Å². The lowest BCUT2D eigenvalue weighted by atomic mass is 9.64. The van der Waals surface area contributed by atoms with E-state index in [2.05, 4.69) is 31.3 Å². The first-order chi connectivity index (χ1) is 9.11. The van der Waals surface area contributed by atoms with Crippen LogP contribution in [0.1, 0.15) is 38.7 Å². The lowest BCUT2D eigenvalue weighted by molar-refractivity contribution is 0.227. The molecule has 1 saturated carbocycles. The van der Waals surface area contributed by atoms with Gasteiger partial charge in [-0.05, 0) is 30.5 Å². The van der Waals surface area contributed by atoms with Crippen molar-refractivity contribution in [3.63, 3.8) is 0 Å². The quantitative estimate of drug-likeness (QED) is 0.855. The van der Waals surface area contributed by atoms with Gasteiger partial charge in [-0.2, -0.15) is 0 Å². The second-order valence-electron chi connectivity index (χ2n) is 5.74. The molecule has 0 spiro atoms. The minimum absolute atomic E-state index is 0.282. The van der Waals surface area contributed by atoms with E-state index in [9.17, 15) is 0 Å². The summed E-state index contributed by atoms with van der Waals surface area (Å²) in [5.74, 6) is 1.63. The summed E-state index contributed by atoms with van der Waals surface area (Å²) in [7, 11) is 3.37. The highest BCUT2D eigenvalue weighted by Crippen LogP contribution is 2.45. The Morgan fingerprint density at radius 3 is 2.32 bits per heavy atom. The number of methoxy groups -OCH3 is 2. The van der Waals surface area contributed by atoms with Gasteiger partial charge in [0.25, 0.3) is 0 Å². The number of hydrogen-bond donors (Lipinski definition) is 1. The fraction of sp³-hybridized carbons (Fsp3) is 0.625. The number of benzene rings is 1. The molecule has 3 nitrogen and oxygen atoms in total. The lowest BCUT2D eigenvalue weighted by Crippen LogP contribution is -2.45. The maximum atomic E-state index is 5.42. The summed E-state index contributed by atoms with van der Waals surface area (Å²) in [5.41, 5.74) is 1.65. The van der Waals surface area contributed by atoms with Crippen molar-refractivity contribution in [2.75, 3.05) is 20.8 Å². The Balaban J connectivity index is 2.23. The average Bonchev–Trinajstić information content (AvgIpc) is 2.36. The predicted molar refractivity (Wildman–Crippen MR) is 78.2 cm³/mol. The van der Waals surface area contributed by atoms with Crippen LogP contribution in [-0.4, -0.2) is 26.8 Å². The summed E-state index contributed by atoms with van der Waals surface area (Å²) in [6, 6.07) is 6.86. The Labute approximate surface area is 116 Å². The monoisotopic (exact) mass is 263 g/mol. The molecular formula is C16H25NO2. The Hall–Kier alpha value is -1.22. The number of ether oxygens (including phenoxy) is 2. The molecule has 0 bridgehead atoms. The molecule has 1 fully saturated rings. The maximum Gasteiger partial charge on any atom is 0.161 e. The smallest absolute Gasteiger partial charge is 0.161 e. The zero-order valence-corrected chi connectivity index (χ0v) is 12.5. The largest absolute Gasteiger partial charge is 0.493 e. The highest BCUT2D eigenvalue weighted by Gasteiger charge is 2.38. The van der Waals surface area contributed by atoms with E-state index in [4.69, 9.17) is 9.47 Å². The third-order valence-corrected chi connectivity index (χ3v) is 4.16. The average molecular weight is 263 g/mol. The van der Waals surface area contributed by atoms with Gasteiger partial charge in [-0.3, -0.25) is 0 Å². The first-order valence-corrected chi connectivity index (χ1v) is 7.07. The van der Waals surface area contributed by atoms with Crippen molar-refractivity contribution in [2.45, 2.75) is 44.6 Å². The zero-order chi connectivity index (χ0) is 13.9. The Morgan fingerprint density at radius 1 is 1.16 bits per heavy atom. The third kappa shape index (κ3) is 2.86. The van der Waals surface area contributed by atoms with Gasteiger partial charge in [0.05, 0.1) is 14.2 Å². The van der Waals surface area contributed by atoms with E-state index in [1.165, 1.54) is 24.8 Å². The van der Waals surface area contributed by atoms with Crippen molar-refractivity contribution in [3.8, 4) is 11.5 Å². The van der Waals surface area contributed by atoms with Gasteiger partial charge in [-0.1, -0.05) is 26.3 Å². The molecule has 1 N–H and O–H groups in total. The molecule has 0 unspecified atom stereocenters. The zero-order valence-electron chi connectivity index (χ0n) is 12.5. The molecule has 2 rings (SSSR count). The Bertz CT molecular complexity index is 425. The molecule has 0 amide bonds. The first-order valence-electron chi connectivity index (χ1n) is 7.07. The van der Waals surface area contributed by atoms with Crippen LogP contribution in [0.2, 0.25) is 0 Å². The van der Waals surface area contributed by atoms with Crippen molar-refractivity contribution in [1.29, 1.82) is 0 Å². The van der Waals surface area contributed by atoms with Crippen molar-refractivity contribution in [2.24, 2.45) is 0 Å². The van der Waals surface area contributed by atoms with Crippen LogP contribution in [0, 0.1) is 0 Å². The van der Waals surface area contributed by atoms with Crippen molar-refractivity contribution in [1.82, 2.24) is 5.32 Å². The lowest BCUT2D eigenvalue weighted by Gasteiger charge is -2.43. The van der Waals surface area contributed by atoms with Gasteiger partial charge in [0.15, 0.2) is 11.5 Å². The fourth-order valence-corrected chi connectivity index (χ4v) is 2.74. The Morgan fingerprint density at radius 2 is 1.84 bits per heavy atom. The molecule has 0 aliphatic heterocycles. The van der Waals surface area contributed by atoms with E-state index in [0.717, 1.165) is 18.0 Å². The molecule has 1 aliphatic rings. The summed E-state index contributed by atoms with van der Waals surface area (Å²) in [6.45, 7) is 5.43. The molecule has 0 aromatic heterocycles. The van der Waals surface area contributed by atoms with Crippen LogP contribution in [0.3, 0.4) is 0 Å². The van der Waals surface area contributed by atoms with E-state index < -0.39 is 0 Å². The van der Waals surface area contributed by atoms with Crippen LogP contribution in [0.25, 0.3) is 0 Å². The topological polar surface area (TPSA) is 30.5 Å². The van der Waals surface area contributed by atoms with Gasteiger partial charge in [0.2, 0.25) is 0 Å². The minimum atomic E-state index is 0.282. The van der Waals surface area contributed by atoms with E-state index in [-0.39, 0.29) is 5.41 Å². The second-order valence-corrected chi connectivity index (χ2v) is 5.74. The molecule has 19 heavy (non-hydrogen) atoms. The van der Waals surface area contributed by atoms with Crippen LogP contribution in [0.4, 0.5) is 0 Å². The first kappa shape index (κ1) is 14.2. The van der Waals surface area contributed by atoms with E-state index in [1.54, 1.807) is 14.2 Å². The fourth-order valence-electron chi connectivity index (χ4n) is 2.74. The molecule has 0 heterocycles. The van der Waals surface area contributed by atoms with Crippen LogP contribution in [0.15, 0.2) is 18.2 Å². The van der Waals surface area contributed by atoms with Crippen LogP contribution in [-0.2, 0) is 5.41 Å². The molecule has 0 radical (unpaired) electrons. The molecule has 1 aliphatic carbocycles. The molecule has 0 saturated heterocycles. The van der Waals surface area contributed by atoms with Gasteiger partial charge < -0.3 is 14.8 Å². The molecule has 0 atom stereocenters. The molecular weight excluding hydrogens is 238 g/mol. The minimum Gasteiger partial charge on any atom is -0.493 e. The van der Waals surface area contributed by atoms with E-state index in [1.807, 2.05) is 6.07 Å². The maximum absolute atomic E-state index is 5.42. The summed E-state index contributed by atoms with van der Waals surface area (Å²) < 4.78 is 10.7. The van der Waals surface area contributed by atoms with Crippen molar-refractivity contribution in [3.05, 3.63) is 23.8 Å². The molecule has 1 aromatic rings. The molecule has 1 aromatic carbocycles. The van der Waals surface area contributed by atoms with Crippen molar-refractivity contribution < 1.29 is 9.47 Å². The third-order valence-electron chi connectivity index (χ3n) is 4.16. The van der Waals surface area contributed by atoms with Gasteiger partial charge in [-0.25, -0.2) is 0 Å². The molecule has 106 valence electrons. The van der Waals surface area contributed by atoms with Gasteiger partial charge in [0, 0.05) is 18.0 Å². The summed E-state index contributed by atoms with van der Waals surface area (Å²) in [5, 5.41) is 3.58. The van der Waals surface area contributed by atoms with Gasteiger partial charge in [-0.15, -0.1) is 0 Å². The van der Waals surface area contributed by atoms with E-state index in [0.29, 0.717) is 6.04 Å². The SMILES string of the molecule is COc1ccc(C2(CNC(C)C)CCC2)cc1OC. The Kier molecular flexibility index (Phi) is 4.35. The highest BCUT2D eigenvalue weighted by molar-refractivity contribution is 5.46. The van der Waals surface area contributed by atoms with Crippen LogP contribution in [0.5, 0.6) is 11.5 Å². The van der Waals surface area contributed by atoms with Gasteiger partial charge >= 0.3 is 0 Å². The molecule has 3 heteroatoms. The normalized spacial score (nSPS) is 17.1. The van der Waals surface area contributed by atoms with Gasteiger partial charge in [0.1, 0.15) is 0 Å². The highest BCUT2D eigenvalue weighted by atomic mass is 16.5. The second kappa shape index (κ2) is 5.83. The number of hydrogen-bond acceptors (Lipinski definition) is 3. The standard InChI is InChI=1S/C16H25NO2/c1-12(2)17-11-16(8-5-9-16)13-6-7-14(18-3)15(10-13)19-4/h6-7,10,12,17H,5,8-9,11H2,1-4H3. The predicted octanol–water partition coefficient (Wildman–Crippen LogP) is 3.12. The summed E-state index contributed by atoms with van der Waals surface area (Å²) in [6.07, 6.45) is 3.82. The number of rotatable bonds is 6. The summed E-state index contributed by atoms with van der Waals surface area (Å²) in [4.78, 5) is 0. The van der Waals surface area contributed by atoms with E-state index >= 15 is 0 Å². The van der Waals surface area contributed by atoms with Crippen molar-refractivity contribution >= 4 is 0 Å². The summed E-state index contributed by atoms with van der Waals surface area (Å²) >= 11 is 0.